The first-order valence-corrected chi connectivity index (χ1v) is 5.36. The third-order valence-corrected chi connectivity index (χ3v) is 3.04. The van der Waals surface area contributed by atoms with Crippen LogP contribution in [0.15, 0.2) is 0 Å². The lowest BCUT2D eigenvalue weighted by Gasteiger charge is -2.28. The molecular formula is C9H20O2Si. The Morgan fingerprint density at radius 2 is 2.08 bits per heavy atom. The van der Waals surface area contributed by atoms with Gasteiger partial charge in [0.15, 0.2) is 0 Å². The van der Waals surface area contributed by atoms with Gasteiger partial charge < -0.3 is 4.43 Å². The Morgan fingerprint density at radius 3 is 2.42 bits per heavy atom. The van der Waals surface area contributed by atoms with Crippen LogP contribution in [0, 0.1) is 11.3 Å². The zero-order chi connectivity index (χ0) is 9.78. The average molecular weight is 188 g/mol. The summed E-state index contributed by atoms with van der Waals surface area (Å²) in [5.74, 6) is 0.360. The first kappa shape index (κ1) is 11.7. The van der Waals surface area contributed by atoms with Gasteiger partial charge in [0.05, 0.1) is 5.41 Å². The summed E-state index contributed by atoms with van der Waals surface area (Å²) < 4.78 is 4.88. The number of carbonyl (C=O) groups is 1. The standard InChI is InChI=1S/C9H20O2Si/c1-5-6-7(2)9(3,4)8(10)11-12/h7H,5-6H2,1-4,12H3. The van der Waals surface area contributed by atoms with Crippen molar-refractivity contribution in [3.63, 3.8) is 0 Å². The van der Waals surface area contributed by atoms with Crippen LogP contribution in [-0.2, 0) is 9.22 Å². The molecule has 12 heavy (non-hydrogen) atoms. The lowest BCUT2D eigenvalue weighted by atomic mass is 9.78. The van der Waals surface area contributed by atoms with Crippen LogP contribution < -0.4 is 0 Å². The third-order valence-electron chi connectivity index (χ3n) is 2.67. The average Bonchev–Trinajstić information content (AvgIpc) is 2.03. The number of carbonyl (C=O) groups excluding carboxylic acids is 1. The lowest BCUT2D eigenvalue weighted by Crippen LogP contribution is -2.32. The van der Waals surface area contributed by atoms with Gasteiger partial charge in [-0.15, -0.1) is 0 Å². The highest BCUT2D eigenvalue weighted by Gasteiger charge is 2.33. The summed E-state index contributed by atoms with van der Waals surface area (Å²) in [6, 6.07) is 0. The predicted octanol–water partition coefficient (Wildman–Crippen LogP) is 1.27. The van der Waals surface area contributed by atoms with Crippen molar-refractivity contribution in [2.45, 2.75) is 40.5 Å². The quantitative estimate of drug-likeness (QED) is 0.621. The molecule has 0 aliphatic heterocycles. The van der Waals surface area contributed by atoms with E-state index in [0.29, 0.717) is 16.4 Å². The van der Waals surface area contributed by atoms with Crippen molar-refractivity contribution in [1.82, 2.24) is 0 Å². The van der Waals surface area contributed by atoms with Gasteiger partial charge >= 0.3 is 0 Å². The fraction of sp³-hybridized carbons (Fsp3) is 0.889. The summed E-state index contributed by atoms with van der Waals surface area (Å²) in [6.45, 7) is 8.18. The summed E-state index contributed by atoms with van der Waals surface area (Å²) in [6.07, 6.45) is 2.21. The largest absolute Gasteiger partial charge is 0.528 e. The summed E-state index contributed by atoms with van der Waals surface area (Å²) >= 11 is 0. The first-order valence-electron chi connectivity index (χ1n) is 4.55. The minimum Gasteiger partial charge on any atom is -0.528 e. The number of hydrogen-bond donors (Lipinski definition) is 0. The van der Waals surface area contributed by atoms with E-state index in [1.54, 1.807) is 0 Å². The third kappa shape index (κ3) is 2.63. The van der Waals surface area contributed by atoms with E-state index in [1.807, 2.05) is 13.8 Å². The molecule has 0 heterocycles. The minimum atomic E-state index is -0.308. The summed E-state index contributed by atoms with van der Waals surface area (Å²) in [7, 11) is 0.504. The molecule has 1 atom stereocenters. The van der Waals surface area contributed by atoms with E-state index < -0.39 is 0 Å². The Bertz CT molecular complexity index is 155. The van der Waals surface area contributed by atoms with Crippen LogP contribution >= 0.6 is 0 Å². The highest BCUT2D eigenvalue weighted by molar-refractivity contribution is 6.06. The second kappa shape index (κ2) is 4.65. The molecule has 2 nitrogen and oxygen atoms in total. The summed E-state index contributed by atoms with van der Waals surface area (Å²) in [5, 5.41) is 0. The fourth-order valence-electron chi connectivity index (χ4n) is 1.26. The van der Waals surface area contributed by atoms with Crippen molar-refractivity contribution in [1.29, 1.82) is 0 Å². The molecule has 0 amide bonds. The van der Waals surface area contributed by atoms with Gasteiger partial charge in [-0.1, -0.05) is 20.3 Å². The molecule has 0 saturated heterocycles. The van der Waals surface area contributed by atoms with Crippen molar-refractivity contribution in [3.8, 4) is 0 Å². The molecule has 0 aromatic rings. The van der Waals surface area contributed by atoms with Gasteiger partial charge in [-0.25, -0.2) is 0 Å². The second-order valence-electron chi connectivity index (χ2n) is 3.90. The smallest absolute Gasteiger partial charge is 0.297 e. The van der Waals surface area contributed by atoms with Gasteiger partial charge in [0.2, 0.25) is 10.5 Å². The monoisotopic (exact) mass is 188 g/mol. The van der Waals surface area contributed by atoms with Crippen LogP contribution in [0.25, 0.3) is 0 Å². The van der Waals surface area contributed by atoms with Crippen molar-refractivity contribution >= 4 is 16.5 Å². The Hall–Kier alpha value is -0.313. The van der Waals surface area contributed by atoms with E-state index in [-0.39, 0.29) is 11.4 Å². The molecule has 0 spiro atoms. The lowest BCUT2D eigenvalue weighted by molar-refractivity contribution is -0.146. The van der Waals surface area contributed by atoms with Gasteiger partial charge in [0.1, 0.15) is 0 Å². The van der Waals surface area contributed by atoms with Crippen LogP contribution in [0.3, 0.4) is 0 Å². The maximum Gasteiger partial charge on any atom is 0.297 e. The van der Waals surface area contributed by atoms with Gasteiger partial charge in [-0.3, -0.25) is 4.79 Å². The Labute approximate surface area is 78.2 Å². The Morgan fingerprint density at radius 1 is 1.58 bits per heavy atom. The maximum absolute atomic E-state index is 11.4. The number of hydrogen-bond acceptors (Lipinski definition) is 2. The van der Waals surface area contributed by atoms with Crippen LogP contribution in [0.2, 0.25) is 0 Å². The first-order chi connectivity index (χ1) is 5.46. The zero-order valence-electron chi connectivity index (χ0n) is 8.81. The molecule has 0 aromatic carbocycles. The van der Waals surface area contributed by atoms with Crippen LogP contribution in [0.1, 0.15) is 40.5 Å². The van der Waals surface area contributed by atoms with E-state index in [0.717, 1.165) is 12.8 Å². The van der Waals surface area contributed by atoms with Crippen LogP contribution in [-0.4, -0.2) is 16.5 Å². The molecule has 0 fully saturated rings. The Kier molecular flexibility index (Phi) is 4.53. The van der Waals surface area contributed by atoms with E-state index in [9.17, 15) is 4.79 Å². The maximum atomic E-state index is 11.4. The van der Waals surface area contributed by atoms with Crippen molar-refractivity contribution in [2.75, 3.05) is 0 Å². The highest BCUT2D eigenvalue weighted by Crippen LogP contribution is 2.30. The number of rotatable bonds is 4. The molecule has 0 N–H and O–H groups in total. The van der Waals surface area contributed by atoms with Gasteiger partial charge in [-0.05, 0) is 26.2 Å². The van der Waals surface area contributed by atoms with E-state index >= 15 is 0 Å². The van der Waals surface area contributed by atoms with E-state index in [1.165, 1.54) is 0 Å². The van der Waals surface area contributed by atoms with Crippen molar-refractivity contribution in [2.24, 2.45) is 11.3 Å². The minimum absolute atomic E-state index is 0.0462. The molecule has 72 valence electrons. The highest BCUT2D eigenvalue weighted by atomic mass is 28.2. The summed E-state index contributed by atoms with van der Waals surface area (Å²) in [4.78, 5) is 11.4. The molecule has 1 unspecified atom stereocenters. The van der Waals surface area contributed by atoms with E-state index in [4.69, 9.17) is 4.43 Å². The molecule has 0 saturated carbocycles. The van der Waals surface area contributed by atoms with Crippen LogP contribution in [0.5, 0.6) is 0 Å². The normalized spacial score (nSPS) is 14.3. The van der Waals surface area contributed by atoms with Crippen molar-refractivity contribution < 1.29 is 9.22 Å². The van der Waals surface area contributed by atoms with Gasteiger partial charge in [0, 0.05) is 0 Å². The SMILES string of the molecule is CCCC(C)C(C)(C)C(=O)O[SiH3]. The van der Waals surface area contributed by atoms with Crippen molar-refractivity contribution in [3.05, 3.63) is 0 Å². The molecule has 0 aliphatic carbocycles. The molecule has 0 radical (unpaired) electrons. The molecule has 0 bridgehead atoms. The second-order valence-corrected chi connectivity index (χ2v) is 4.31. The van der Waals surface area contributed by atoms with Gasteiger partial charge in [-0.2, -0.15) is 0 Å². The molecule has 3 heteroatoms. The molecule has 0 aliphatic rings. The van der Waals surface area contributed by atoms with E-state index in [2.05, 4.69) is 13.8 Å². The zero-order valence-corrected chi connectivity index (χ0v) is 10.8. The predicted molar refractivity (Wildman–Crippen MR) is 53.9 cm³/mol. The fourth-order valence-corrected chi connectivity index (χ4v) is 1.78. The molecular weight excluding hydrogens is 168 g/mol. The molecule has 0 rings (SSSR count). The van der Waals surface area contributed by atoms with Crippen LogP contribution in [0.4, 0.5) is 0 Å². The topological polar surface area (TPSA) is 26.3 Å². The molecule has 0 aromatic heterocycles. The van der Waals surface area contributed by atoms with Gasteiger partial charge in [0.25, 0.3) is 5.97 Å². The summed E-state index contributed by atoms with van der Waals surface area (Å²) in [5.41, 5.74) is -0.308. The Balaban J connectivity index is 4.26.